The van der Waals surface area contributed by atoms with Crippen LogP contribution in [0.25, 0.3) is 0 Å². The highest BCUT2D eigenvalue weighted by atomic mass is 16.2. The number of carbonyl (C=O) groups is 2. The normalized spacial score (nSPS) is 48.9. The molecule has 100 valence electrons. The van der Waals surface area contributed by atoms with Crippen LogP contribution in [0.1, 0.15) is 33.1 Å². The highest BCUT2D eigenvalue weighted by Crippen LogP contribution is 2.78. The molecule has 3 saturated carbocycles. The Kier molecular flexibility index (Phi) is 2.32. The first-order valence-electron chi connectivity index (χ1n) is 7.00. The number of hydrogen-bond acceptors (Lipinski definition) is 2. The Morgan fingerprint density at radius 3 is 1.78 bits per heavy atom. The van der Waals surface area contributed by atoms with Gasteiger partial charge in [-0.05, 0) is 48.3 Å². The largest absolute Gasteiger partial charge is 0.369 e. The van der Waals surface area contributed by atoms with Crippen molar-refractivity contribution in [3.63, 3.8) is 0 Å². The molecule has 0 radical (unpaired) electrons. The standard InChI is InChI=1S/C14H22N2O2/c1-6(2)9-5-14(9)7-3-4-8(14)11(13(16)18)10(7)12(15)17/h6-11H,3-5H2,1-2H3,(H2,15,17)(H2,16,18). The summed E-state index contributed by atoms with van der Waals surface area (Å²) in [6.45, 7) is 4.46. The highest BCUT2D eigenvalue weighted by molar-refractivity contribution is 5.88. The third-order valence-corrected chi connectivity index (χ3v) is 5.99. The van der Waals surface area contributed by atoms with E-state index in [0.717, 1.165) is 19.3 Å². The monoisotopic (exact) mass is 250 g/mol. The fourth-order valence-electron chi connectivity index (χ4n) is 5.48. The third kappa shape index (κ3) is 1.21. The summed E-state index contributed by atoms with van der Waals surface area (Å²) < 4.78 is 0. The van der Waals surface area contributed by atoms with Crippen molar-refractivity contribution in [1.29, 1.82) is 0 Å². The Morgan fingerprint density at radius 1 is 1.06 bits per heavy atom. The first-order chi connectivity index (χ1) is 8.41. The van der Waals surface area contributed by atoms with Crippen LogP contribution in [0.3, 0.4) is 0 Å². The Labute approximate surface area is 107 Å². The lowest BCUT2D eigenvalue weighted by Gasteiger charge is -2.25. The van der Waals surface area contributed by atoms with E-state index in [4.69, 9.17) is 11.5 Å². The second-order valence-corrected chi connectivity index (χ2v) is 6.81. The zero-order valence-electron chi connectivity index (χ0n) is 11.1. The summed E-state index contributed by atoms with van der Waals surface area (Å²) >= 11 is 0. The van der Waals surface area contributed by atoms with Crippen molar-refractivity contribution >= 4 is 11.8 Å². The molecule has 0 saturated heterocycles. The second kappa shape index (κ2) is 3.49. The summed E-state index contributed by atoms with van der Waals surface area (Å²) in [7, 11) is 0. The van der Waals surface area contributed by atoms with Crippen LogP contribution >= 0.6 is 0 Å². The summed E-state index contributed by atoms with van der Waals surface area (Å²) in [5.74, 6) is 0.652. The summed E-state index contributed by atoms with van der Waals surface area (Å²) in [6, 6.07) is 0. The van der Waals surface area contributed by atoms with Gasteiger partial charge in [-0.15, -0.1) is 0 Å². The zero-order valence-corrected chi connectivity index (χ0v) is 11.1. The van der Waals surface area contributed by atoms with Gasteiger partial charge in [0.15, 0.2) is 0 Å². The van der Waals surface area contributed by atoms with E-state index in [-0.39, 0.29) is 29.1 Å². The molecule has 3 fully saturated rings. The number of amides is 2. The molecule has 4 heteroatoms. The average molecular weight is 250 g/mol. The molecule has 18 heavy (non-hydrogen) atoms. The van der Waals surface area contributed by atoms with Gasteiger partial charge in [-0.3, -0.25) is 9.59 Å². The SMILES string of the molecule is CC(C)C1CC12C1CCC2C(C(N)=O)C1C(N)=O. The maximum Gasteiger partial charge on any atom is 0.221 e. The lowest BCUT2D eigenvalue weighted by molar-refractivity contribution is -0.133. The molecule has 2 amide bonds. The third-order valence-electron chi connectivity index (χ3n) is 5.99. The lowest BCUT2D eigenvalue weighted by atomic mass is 9.78. The molecule has 3 aliphatic carbocycles. The Bertz CT molecular complexity index is 390. The summed E-state index contributed by atoms with van der Waals surface area (Å²) in [5.41, 5.74) is 11.3. The first kappa shape index (κ1) is 12.0. The maximum absolute atomic E-state index is 11.7. The van der Waals surface area contributed by atoms with Crippen LogP contribution in [0.4, 0.5) is 0 Å². The summed E-state index contributed by atoms with van der Waals surface area (Å²) in [5, 5.41) is 0. The first-order valence-corrected chi connectivity index (χ1v) is 7.00. The molecule has 0 aromatic carbocycles. The smallest absolute Gasteiger partial charge is 0.221 e. The molecule has 2 bridgehead atoms. The minimum Gasteiger partial charge on any atom is -0.369 e. The summed E-state index contributed by atoms with van der Waals surface area (Å²) in [4.78, 5) is 23.4. The van der Waals surface area contributed by atoms with Gasteiger partial charge in [-0.2, -0.15) is 0 Å². The topological polar surface area (TPSA) is 86.2 Å². The second-order valence-electron chi connectivity index (χ2n) is 6.81. The lowest BCUT2D eigenvalue weighted by Crippen LogP contribution is -2.41. The van der Waals surface area contributed by atoms with Gasteiger partial charge in [0, 0.05) is 0 Å². The van der Waals surface area contributed by atoms with Crippen LogP contribution in [0.5, 0.6) is 0 Å². The van der Waals surface area contributed by atoms with Crippen molar-refractivity contribution in [3.05, 3.63) is 0 Å². The molecule has 5 unspecified atom stereocenters. The Morgan fingerprint density at radius 2 is 1.50 bits per heavy atom. The van der Waals surface area contributed by atoms with E-state index in [1.165, 1.54) is 0 Å². The highest BCUT2D eigenvalue weighted by Gasteiger charge is 2.75. The Balaban J connectivity index is 1.98. The van der Waals surface area contributed by atoms with Crippen LogP contribution in [0.2, 0.25) is 0 Å². The quantitative estimate of drug-likeness (QED) is 0.779. The van der Waals surface area contributed by atoms with Gasteiger partial charge in [-0.25, -0.2) is 0 Å². The van der Waals surface area contributed by atoms with E-state index in [1.54, 1.807) is 0 Å². The van der Waals surface area contributed by atoms with Crippen LogP contribution < -0.4 is 11.5 Å². The fraction of sp³-hybridized carbons (Fsp3) is 0.857. The molecule has 1 spiro atoms. The predicted molar refractivity (Wildman–Crippen MR) is 67.0 cm³/mol. The van der Waals surface area contributed by atoms with E-state index in [2.05, 4.69) is 13.8 Å². The van der Waals surface area contributed by atoms with Crippen LogP contribution in [0, 0.1) is 40.9 Å². The molecule has 5 atom stereocenters. The van der Waals surface area contributed by atoms with Crippen LogP contribution in [-0.4, -0.2) is 11.8 Å². The Hall–Kier alpha value is -1.06. The van der Waals surface area contributed by atoms with Crippen molar-refractivity contribution in [2.24, 2.45) is 52.4 Å². The van der Waals surface area contributed by atoms with Gasteiger partial charge >= 0.3 is 0 Å². The van der Waals surface area contributed by atoms with Crippen LogP contribution in [-0.2, 0) is 9.59 Å². The van der Waals surface area contributed by atoms with E-state index >= 15 is 0 Å². The molecular weight excluding hydrogens is 228 g/mol. The van der Waals surface area contributed by atoms with Gasteiger partial charge in [0.1, 0.15) is 0 Å². The van der Waals surface area contributed by atoms with Crippen molar-refractivity contribution < 1.29 is 9.59 Å². The number of carbonyl (C=O) groups excluding carboxylic acids is 2. The molecule has 0 aliphatic heterocycles. The minimum absolute atomic E-state index is 0.216. The number of nitrogens with two attached hydrogens (primary N) is 2. The molecule has 4 N–H and O–H groups in total. The molecule has 3 aliphatic rings. The number of hydrogen-bond donors (Lipinski definition) is 2. The predicted octanol–water partition coefficient (Wildman–Crippen LogP) is 0.891. The van der Waals surface area contributed by atoms with E-state index < -0.39 is 0 Å². The van der Waals surface area contributed by atoms with Gasteiger partial charge < -0.3 is 11.5 Å². The summed E-state index contributed by atoms with van der Waals surface area (Å²) in [6.07, 6.45) is 3.25. The van der Waals surface area contributed by atoms with Gasteiger partial charge in [0.05, 0.1) is 11.8 Å². The zero-order chi connectivity index (χ0) is 13.2. The molecule has 0 aromatic heterocycles. The van der Waals surface area contributed by atoms with E-state index in [0.29, 0.717) is 23.7 Å². The maximum atomic E-state index is 11.7. The minimum atomic E-state index is -0.320. The van der Waals surface area contributed by atoms with Crippen molar-refractivity contribution in [1.82, 2.24) is 0 Å². The van der Waals surface area contributed by atoms with Crippen LogP contribution in [0.15, 0.2) is 0 Å². The van der Waals surface area contributed by atoms with Crippen molar-refractivity contribution in [2.75, 3.05) is 0 Å². The molecule has 4 nitrogen and oxygen atoms in total. The number of rotatable bonds is 3. The van der Waals surface area contributed by atoms with Gasteiger partial charge in [0.2, 0.25) is 11.8 Å². The van der Waals surface area contributed by atoms with Gasteiger partial charge in [-0.1, -0.05) is 13.8 Å². The molecular formula is C14H22N2O2. The average Bonchev–Trinajstić information content (AvgIpc) is 2.85. The van der Waals surface area contributed by atoms with E-state index in [1.807, 2.05) is 0 Å². The molecule has 0 heterocycles. The van der Waals surface area contributed by atoms with E-state index in [9.17, 15) is 9.59 Å². The number of primary amides is 2. The fourth-order valence-corrected chi connectivity index (χ4v) is 5.48. The van der Waals surface area contributed by atoms with Crippen molar-refractivity contribution in [2.45, 2.75) is 33.1 Å². The van der Waals surface area contributed by atoms with Crippen molar-refractivity contribution in [3.8, 4) is 0 Å². The molecule has 3 rings (SSSR count). The van der Waals surface area contributed by atoms with Gasteiger partial charge in [0.25, 0.3) is 0 Å². The molecule has 0 aromatic rings.